The first-order valence-corrected chi connectivity index (χ1v) is 10.9. The topological polar surface area (TPSA) is 98.7 Å². The number of thiophene rings is 1. The number of thiocarbonyl (C=S) groups is 1. The minimum absolute atomic E-state index is 0.0210. The van der Waals surface area contributed by atoms with Crippen molar-refractivity contribution in [2.45, 2.75) is 6.42 Å². The van der Waals surface area contributed by atoms with Crippen molar-refractivity contribution in [1.29, 1.82) is 0 Å². The van der Waals surface area contributed by atoms with E-state index in [0.29, 0.717) is 20.9 Å². The van der Waals surface area contributed by atoms with E-state index in [1.165, 1.54) is 17.4 Å². The molecule has 1 aromatic heterocycles. The number of hydrogen-bond acceptors (Lipinski definition) is 7. The standard InChI is InChI=1S/C19H15F2N3O4S3/c20-13-2-1-10(6-14(13)21)11-5-12(30-9-11)7-15-18(28)24(19(29)31-15)23-8-16(25)22-4-3-17(26)27/h1-2,5-7,9,23H,3-4,8H2,(H,22,25)(H,26,27)/b15-7-. The Labute approximate surface area is 189 Å². The summed E-state index contributed by atoms with van der Waals surface area (Å²) in [5, 5.41) is 13.8. The molecular weight excluding hydrogens is 468 g/mol. The molecule has 0 saturated carbocycles. The Morgan fingerprint density at radius 1 is 1.19 bits per heavy atom. The molecule has 1 saturated heterocycles. The monoisotopic (exact) mass is 483 g/mol. The minimum Gasteiger partial charge on any atom is -0.481 e. The van der Waals surface area contributed by atoms with Crippen LogP contribution in [0, 0.1) is 11.6 Å². The Bertz CT molecular complexity index is 1090. The minimum atomic E-state index is -1.03. The molecule has 0 spiro atoms. The molecule has 31 heavy (non-hydrogen) atoms. The van der Waals surface area contributed by atoms with Gasteiger partial charge in [0.05, 0.1) is 17.9 Å². The SMILES string of the molecule is O=C(O)CCNC(=O)CNN1C(=O)/C(=C/c2cc(-c3ccc(F)c(F)c3)cs2)SC1=S. The number of nitrogens with zero attached hydrogens (tertiary/aromatic N) is 1. The summed E-state index contributed by atoms with van der Waals surface area (Å²) in [6.07, 6.45) is 1.42. The lowest BCUT2D eigenvalue weighted by Gasteiger charge is -2.15. The van der Waals surface area contributed by atoms with Gasteiger partial charge in [-0.05, 0) is 40.8 Å². The normalized spacial score (nSPS) is 15.0. The maximum atomic E-state index is 13.5. The largest absolute Gasteiger partial charge is 0.481 e. The Hall–Kier alpha value is -2.67. The average molecular weight is 484 g/mol. The van der Waals surface area contributed by atoms with E-state index in [-0.39, 0.29) is 23.8 Å². The van der Waals surface area contributed by atoms with Crippen LogP contribution in [0.25, 0.3) is 17.2 Å². The summed E-state index contributed by atoms with van der Waals surface area (Å²) < 4.78 is 26.8. The molecule has 1 aromatic carbocycles. The van der Waals surface area contributed by atoms with Crippen LogP contribution < -0.4 is 10.7 Å². The number of carbonyl (C=O) groups is 3. The number of carbonyl (C=O) groups excluding carboxylic acids is 2. The highest BCUT2D eigenvalue weighted by Crippen LogP contribution is 2.34. The first-order valence-electron chi connectivity index (χ1n) is 8.78. The number of rotatable bonds is 8. The molecule has 1 aliphatic rings. The van der Waals surface area contributed by atoms with Crippen LogP contribution in [0.15, 0.2) is 34.6 Å². The molecule has 0 atom stereocenters. The Balaban J connectivity index is 1.62. The number of thioether (sulfide) groups is 1. The number of carboxylic acid groups (broad SMARTS) is 1. The van der Waals surface area contributed by atoms with Crippen LogP contribution in [0.5, 0.6) is 0 Å². The van der Waals surface area contributed by atoms with Crippen molar-refractivity contribution in [3.8, 4) is 11.1 Å². The van der Waals surface area contributed by atoms with Gasteiger partial charge in [0.2, 0.25) is 5.91 Å². The van der Waals surface area contributed by atoms with Gasteiger partial charge in [-0.2, -0.15) is 0 Å². The molecule has 0 unspecified atom stereocenters. The second-order valence-corrected chi connectivity index (χ2v) is 8.83. The van der Waals surface area contributed by atoms with Crippen molar-refractivity contribution in [3.63, 3.8) is 0 Å². The molecule has 0 aliphatic carbocycles. The van der Waals surface area contributed by atoms with Gasteiger partial charge in [-0.25, -0.2) is 19.2 Å². The summed E-state index contributed by atoms with van der Waals surface area (Å²) >= 11 is 7.55. The molecule has 2 amide bonds. The highest BCUT2D eigenvalue weighted by atomic mass is 32.2. The quantitative estimate of drug-likeness (QED) is 0.392. The van der Waals surface area contributed by atoms with Crippen molar-refractivity contribution in [3.05, 3.63) is 51.1 Å². The summed E-state index contributed by atoms with van der Waals surface area (Å²) in [6.45, 7) is -0.272. The van der Waals surface area contributed by atoms with Gasteiger partial charge in [-0.3, -0.25) is 14.4 Å². The predicted octanol–water partition coefficient (Wildman–Crippen LogP) is 2.99. The third-order valence-corrected chi connectivity index (χ3v) is 6.18. The van der Waals surface area contributed by atoms with E-state index in [9.17, 15) is 23.2 Å². The second-order valence-electron chi connectivity index (χ2n) is 6.21. The predicted molar refractivity (Wildman–Crippen MR) is 118 cm³/mol. The maximum absolute atomic E-state index is 13.5. The van der Waals surface area contributed by atoms with Gasteiger partial charge in [-0.15, -0.1) is 11.3 Å². The molecule has 162 valence electrons. The highest BCUT2D eigenvalue weighted by Gasteiger charge is 2.32. The molecule has 2 heterocycles. The van der Waals surface area contributed by atoms with Gasteiger partial charge in [0.1, 0.15) is 0 Å². The van der Waals surface area contributed by atoms with Crippen LogP contribution in [0.4, 0.5) is 8.78 Å². The van der Waals surface area contributed by atoms with Gasteiger partial charge in [0.25, 0.3) is 5.91 Å². The zero-order valence-corrected chi connectivity index (χ0v) is 18.1. The lowest BCUT2D eigenvalue weighted by molar-refractivity contribution is -0.136. The van der Waals surface area contributed by atoms with Gasteiger partial charge in [0, 0.05) is 11.4 Å². The fourth-order valence-electron chi connectivity index (χ4n) is 2.51. The van der Waals surface area contributed by atoms with Crippen LogP contribution in [0.2, 0.25) is 0 Å². The fraction of sp³-hybridized carbons (Fsp3) is 0.158. The van der Waals surface area contributed by atoms with Crippen molar-refractivity contribution >= 4 is 63.5 Å². The van der Waals surface area contributed by atoms with Gasteiger partial charge >= 0.3 is 5.97 Å². The molecule has 1 aliphatic heterocycles. The summed E-state index contributed by atoms with van der Waals surface area (Å²) in [5.41, 5.74) is 3.82. The lowest BCUT2D eigenvalue weighted by atomic mass is 10.1. The summed E-state index contributed by atoms with van der Waals surface area (Å²) in [7, 11) is 0. The number of nitrogens with one attached hydrogen (secondary N) is 2. The number of hydrazine groups is 1. The molecule has 3 N–H and O–H groups in total. The smallest absolute Gasteiger partial charge is 0.305 e. The van der Waals surface area contributed by atoms with Crippen LogP contribution in [-0.4, -0.2) is 45.3 Å². The Kier molecular flexibility index (Phi) is 7.49. The van der Waals surface area contributed by atoms with E-state index >= 15 is 0 Å². The van der Waals surface area contributed by atoms with Crippen molar-refractivity contribution in [2.75, 3.05) is 13.1 Å². The number of benzene rings is 1. The number of carboxylic acids is 1. The molecule has 1 fully saturated rings. The highest BCUT2D eigenvalue weighted by molar-refractivity contribution is 8.26. The number of halogens is 2. The van der Waals surface area contributed by atoms with Crippen molar-refractivity contribution < 1.29 is 28.3 Å². The maximum Gasteiger partial charge on any atom is 0.305 e. The Morgan fingerprint density at radius 2 is 1.97 bits per heavy atom. The first kappa shape index (κ1) is 23.0. The molecule has 0 radical (unpaired) electrons. The zero-order valence-electron chi connectivity index (χ0n) is 15.7. The first-order chi connectivity index (χ1) is 14.7. The van der Waals surface area contributed by atoms with Gasteiger partial charge in [-0.1, -0.05) is 30.0 Å². The number of hydrogen-bond donors (Lipinski definition) is 3. The van der Waals surface area contributed by atoms with Crippen LogP contribution in [0.1, 0.15) is 11.3 Å². The van der Waals surface area contributed by atoms with Gasteiger partial charge < -0.3 is 10.4 Å². The van der Waals surface area contributed by atoms with E-state index in [0.717, 1.165) is 28.9 Å². The summed E-state index contributed by atoms with van der Waals surface area (Å²) in [5.74, 6) is -3.81. The summed E-state index contributed by atoms with van der Waals surface area (Å²) in [4.78, 5) is 35.8. The molecule has 3 rings (SSSR count). The Morgan fingerprint density at radius 3 is 2.68 bits per heavy atom. The molecule has 12 heteroatoms. The summed E-state index contributed by atoms with van der Waals surface area (Å²) in [6, 6.07) is 5.37. The van der Waals surface area contributed by atoms with Crippen LogP contribution >= 0.6 is 35.3 Å². The molecular formula is C19H15F2N3O4S3. The van der Waals surface area contributed by atoms with Crippen LogP contribution in [-0.2, 0) is 14.4 Å². The van der Waals surface area contributed by atoms with Crippen molar-refractivity contribution in [2.24, 2.45) is 0 Å². The second kappa shape index (κ2) is 10.1. The average Bonchev–Trinajstić information content (AvgIpc) is 3.27. The van der Waals surface area contributed by atoms with Crippen molar-refractivity contribution in [1.82, 2.24) is 15.8 Å². The van der Waals surface area contributed by atoms with Gasteiger partial charge in [0.15, 0.2) is 16.0 Å². The molecule has 0 bridgehead atoms. The van der Waals surface area contributed by atoms with E-state index < -0.39 is 29.4 Å². The van der Waals surface area contributed by atoms with E-state index in [1.54, 1.807) is 17.5 Å². The fourth-order valence-corrected chi connectivity index (χ4v) is 4.64. The third-order valence-electron chi connectivity index (χ3n) is 4.00. The van der Waals surface area contributed by atoms with E-state index in [2.05, 4.69) is 10.7 Å². The third kappa shape index (κ3) is 5.94. The number of amides is 2. The molecule has 2 aromatic rings. The van der Waals surface area contributed by atoms with E-state index in [4.69, 9.17) is 17.3 Å². The number of aliphatic carboxylic acids is 1. The lowest BCUT2D eigenvalue weighted by Crippen LogP contribution is -2.46. The zero-order chi connectivity index (χ0) is 22.5. The van der Waals surface area contributed by atoms with Crippen LogP contribution in [0.3, 0.4) is 0 Å². The van der Waals surface area contributed by atoms with E-state index in [1.807, 2.05) is 0 Å². The molecule has 7 nitrogen and oxygen atoms in total.